The molecule has 1 aromatic carbocycles. The molecule has 0 nitrogen and oxygen atoms in total. The van der Waals surface area contributed by atoms with Crippen molar-refractivity contribution in [3.05, 3.63) is 35.4 Å². The maximum Gasteiger partial charge on any atom is 0.251 e. The highest BCUT2D eigenvalue weighted by molar-refractivity contribution is 7.45. The molecule has 0 aliphatic carbocycles. The standard InChI is InChI=1S/C16H26Cl2Si/c1-3-4-5-8-13-19(17,18)14-9-12-16-11-7-6-10-15(16)2/h6-7,10-11H,3-5,8-9,12-14H2,1-2H3. The van der Waals surface area contributed by atoms with Gasteiger partial charge in [-0.15, -0.1) is 22.2 Å². The zero-order chi connectivity index (χ0) is 14.1. The van der Waals surface area contributed by atoms with E-state index in [0.29, 0.717) is 0 Å². The summed E-state index contributed by atoms with van der Waals surface area (Å²) in [6, 6.07) is 10.7. The quantitative estimate of drug-likeness (QED) is 0.280. The van der Waals surface area contributed by atoms with Gasteiger partial charge in [0.25, 0.3) is 6.69 Å². The van der Waals surface area contributed by atoms with Gasteiger partial charge in [-0.3, -0.25) is 0 Å². The summed E-state index contributed by atoms with van der Waals surface area (Å²) in [6.45, 7) is 2.42. The van der Waals surface area contributed by atoms with Crippen LogP contribution in [0.4, 0.5) is 0 Å². The smallest absolute Gasteiger partial charge is 0.146 e. The molecule has 0 bridgehead atoms. The van der Waals surface area contributed by atoms with Gasteiger partial charge in [0.1, 0.15) is 0 Å². The first-order valence-electron chi connectivity index (χ1n) is 7.47. The second-order valence-electron chi connectivity index (χ2n) is 5.45. The highest BCUT2D eigenvalue weighted by Gasteiger charge is 2.26. The Labute approximate surface area is 128 Å². The van der Waals surface area contributed by atoms with Gasteiger partial charge in [0, 0.05) is 0 Å². The molecule has 108 valence electrons. The first kappa shape index (κ1) is 17.1. The van der Waals surface area contributed by atoms with Crippen LogP contribution in [0.3, 0.4) is 0 Å². The molecule has 0 aromatic heterocycles. The molecule has 0 saturated carbocycles. The minimum Gasteiger partial charge on any atom is -0.146 e. The van der Waals surface area contributed by atoms with Crippen molar-refractivity contribution in [3.63, 3.8) is 0 Å². The summed E-state index contributed by atoms with van der Waals surface area (Å²) in [4.78, 5) is 0. The second-order valence-corrected chi connectivity index (χ2v) is 13.1. The first-order valence-corrected chi connectivity index (χ1v) is 11.9. The van der Waals surface area contributed by atoms with Crippen molar-refractivity contribution in [1.82, 2.24) is 0 Å². The van der Waals surface area contributed by atoms with Gasteiger partial charge < -0.3 is 0 Å². The molecule has 0 unspecified atom stereocenters. The fourth-order valence-corrected chi connectivity index (χ4v) is 5.68. The molecule has 0 N–H and O–H groups in total. The molecule has 3 heteroatoms. The van der Waals surface area contributed by atoms with E-state index in [9.17, 15) is 0 Å². The molecule has 0 heterocycles. The van der Waals surface area contributed by atoms with Crippen molar-refractivity contribution < 1.29 is 0 Å². The molecule has 0 fully saturated rings. The highest BCUT2D eigenvalue weighted by Crippen LogP contribution is 2.30. The Kier molecular flexibility index (Phi) is 8.13. The normalized spacial score (nSPS) is 11.8. The lowest BCUT2D eigenvalue weighted by molar-refractivity contribution is 0.697. The number of unbranched alkanes of at least 4 members (excludes halogenated alkanes) is 3. The van der Waals surface area contributed by atoms with Crippen LogP contribution in [0, 0.1) is 6.92 Å². The summed E-state index contributed by atoms with van der Waals surface area (Å²) >= 11 is 13.1. The van der Waals surface area contributed by atoms with E-state index in [0.717, 1.165) is 24.9 Å². The monoisotopic (exact) mass is 316 g/mol. The van der Waals surface area contributed by atoms with Gasteiger partial charge in [-0.25, -0.2) is 0 Å². The van der Waals surface area contributed by atoms with E-state index in [1.54, 1.807) is 0 Å². The van der Waals surface area contributed by atoms with E-state index in [1.807, 2.05) is 0 Å². The van der Waals surface area contributed by atoms with E-state index < -0.39 is 6.69 Å². The topological polar surface area (TPSA) is 0 Å². The third-order valence-electron chi connectivity index (χ3n) is 3.65. The Bertz CT molecular complexity index is 364. The number of benzene rings is 1. The van der Waals surface area contributed by atoms with Crippen molar-refractivity contribution in [1.29, 1.82) is 0 Å². The van der Waals surface area contributed by atoms with Crippen LogP contribution in [0.25, 0.3) is 0 Å². The van der Waals surface area contributed by atoms with Gasteiger partial charge >= 0.3 is 0 Å². The van der Waals surface area contributed by atoms with Gasteiger partial charge in [-0.05, 0) is 43.0 Å². The van der Waals surface area contributed by atoms with Crippen molar-refractivity contribution in [2.75, 3.05) is 0 Å². The summed E-state index contributed by atoms with van der Waals surface area (Å²) in [5.74, 6) is 0. The predicted molar refractivity (Wildman–Crippen MR) is 90.7 cm³/mol. The maximum absolute atomic E-state index is 6.53. The molecule has 0 amide bonds. The minimum absolute atomic E-state index is 1.02. The average molecular weight is 317 g/mol. The summed E-state index contributed by atoms with van der Waals surface area (Å²) < 4.78 is 0. The van der Waals surface area contributed by atoms with Crippen LogP contribution >= 0.6 is 22.2 Å². The minimum atomic E-state index is -1.98. The SMILES string of the molecule is CCCCCC[Si](Cl)(Cl)CCCc1ccccc1C. The molecule has 1 rings (SSSR count). The van der Waals surface area contributed by atoms with Crippen LogP contribution in [0.2, 0.25) is 12.1 Å². The van der Waals surface area contributed by atoms with Gasteiger partial charge in [-0.2, -0.15) is 0 Å². The van der Waals surface area contributed by atoms with Crippen LogP contribution in [0.1, 0.15) is 50.2 Å². The van der Waals surface area contributed by atoms with E-state index in [2.05, 4.69) is 38.1 Å². The van der Waals surface area contributed by atoms with Crippen molar-refractivity contribution in [3.8, 4) is 0 Å². The molecule has 1 aromatic rings. The van der Waals surface area contributed by atoms with Gasteiger partial charge in [0.15, 0.2) is 0 Å². The maximum atomic E-state index is 6.53. The van der Waals surface area contributed by atoms with Crippen molar-refractivity contribution in [2.24, 2.45) is 0 Å². The summed E-state index contributed by atoms with van der Waals surface area (Å²) in [5.41, 5.74) is 2.81. The van der Waals surface area contributed by atoms with E-state index in [-0.39, 0.29) is 0 Å². The molecular formula is C16H26Cl2Si. The molecule has 0 saturated heterocycles. The summed E-state index contributed by atoms with van der Waals surface area (Å²) in [6.07, 6.45) is 7.29. The number of rotatable bonds is 9. The number of aryl methyl sites for hydroxylation is 2. The van der Waals surface area contributed by atoms with Crippen LogP contribution in [0.15, 0.2) is 24.3 Å². The van der Waals surface area contributed by atoms with Crippen LogP contribution < -0.4 is 0 Å². The van der Waals surface area contributed by atoms with E-state index >= 15 is 0 Å². The number of hydrogen-bond acceptors (Lipinski definition) is 0. The lowest BCUT2D eigenvalue weighted by Crippen LogP contribution is -2.18. The Morgan fingerprint density at radius 1 is 0.947 bits per heavy atom. The molecule has 0 aliphatic heterocycles. The molecule has 0 aliphatic rings. The molecule has 0 atom stereocenters. The Morgan fingerprint density at radius 3 is 2.32 bits per heavy atom. The zero-order valence-corrected chi connectivity index (χ0v) is 14.7. The third-order valence-corrected chi connectivity index (χ3v) is 8.08. The second kappa shape index (κ2) is 9.04. The average Bonchev–Trinajstić information content (AvgIpc) is 2.37. The van der Waals surface area contributed by atoms with E-state index in [4.69, 9.17) is 22.2 Å². The van der Waals surface area contributed by atoms with Gasteiger partial charge in [0.2, 0.25) is 0 Å². The highest BCUT2D eigenvalue weighted by atomic mass is 35.7. The molecule has 19 heavy (non-hydrogen) atoms. The Balaban J connectivity index is 2.25. The van der Waals surface area contributed by atoms with Gasteiger partial charge in [0.05, 0.1) is 0 Å². The molecule has 0 radical (unpaired) electrons. The van der Waals surface area contributed by atoms with Crippen LogP contribution in [-0.2, 0) is 6.42 Å². The fourth-order valence-electron chi connectivity index (χ4n) is 2.36. The first-order chi connectivity index (χ1) is 9.05. The number of hydrogen-bond donors (Lipinski definition) is 0. The van der Waals surface area contributed by atoms with Crippen LogP contribution in [-0.4, -0.2) is 6.69 Å². The van der Waals surface area contributed by atoms with Crippen molar-refractivity contribution >= 4 is 28.9 Å². The third kappa shape index (κ3) is 7.39. The van der Waals surface area contributed by atoms with Crippen LogP contribution in [0.5, 0.6) is 0 Å². The number of halogens is 2. The van der Waals surface area contributed by atoms with E-state index in [1.165, 1.54) is 36.8 Å². The largest absolute Gasteiger partial charge is 0.251 e. The summed E-state index contributed by atoms with van der Waals surface area (Å²) in [5, 5.41) is 0. The fraction of sp³-hybridized carbons (Fsp3) is 0.625. The molecular weight excluding hydrogens is 291 g/mol. The Hall–Kier alpha value is 0.0169. The van der Waals surface area contributed by atoms with Crippen molar-refractivity contribution in [2.45, 2.75) is 64.5 Å². The molecule has 0 spiro atoms. The summed E-state index contributed by atoms with van der Waals surface area (Å²) in [7, 11) is 0. The lowest BCUT2D eigenvalue weighted by atomic mass is 10.1. The Morgan fingerprint density at radius 2 is 1.63 bits per heavy atom. The zero-order valence-electron chi connectivity index (χ0n) is 12.2. The van der Waals surface area contributed by atoms with Gasteiger partial charge in [-0.1, -0.05) is 56.9 Å². The lowest BCUT2D eigenvalue weighted by Gasteiger charge is -2.16. The predicted octanol–water partition coefficient (Wildman–Crippen LogP) is 6.43.